The second-order valence-electron chi connectivity index (χ2n) is 4.97. The molecular formula is C13H29IN4O3S. The number of aliphatic imine (C=N–C) groups is 1. The molecule has 1 saturated heterocycles. The highest BCUT2D eigenvalue weighted by Crippen LogP contribution is 2.02. The molecule has 0 amide bonds. The number of nitrogens with zero attached hydrogens (tertiary/aromatic N) is 2. The van der Waals surface area contributed by atoms with Gasteiger partial charge in [0.25, 0.3) is 0 Å². The fraction of sp³-hybridized carbons (Fsp3) is 0.923. The Balaban J connectivity index is 0.00000441. The molecule has 0 aromatic carbocycles. The van der Waals surface area contributed by atoms with Gasteiger partial charge in [0.2, 0.25) is 0 Å². The molecule has 0 spiro atoms. The molecule has 7 nitrogen and oxygen atoms in total. The zero-order valence-corrected chi connectivity index (χ0v) is 16.7. The largest absolute Gasteiger partial charge is 0.382 e. The van der Waals surface area contributed by atoms with Crippen molar-refractivity contribution in [1.82, 2.24) is 15.5 Å². The van der Waals surface area contributed by atoms with E-state index < -0.39 is 9.84 Å². The molecule has 22 heavy (non-hydrogen) atoms. The highest BCUT2D eigenvalue weighted by Gasteiger charge is 2.20. The summed E-state index contributed by atoms with van der Waals surface area (Å²) in [6, 6.07) is 0. The second kappa shape index (κ2) is 12.3. The summed E-state index contributed by atoms with van der Waals surface area (Å²) in [4.78, 5) is 6.31. The van der Waals surface area contributed by atoms with Crippen LogP contribution in [0.1, 0.15) is 13.3 Å². The third-order valence-electron chi connectivity index (χ3n) is 3.34. The van der Waals surface area contributed by atoms with Gasteiger partial charge in [-0.2, -0.15) is 0 Å². The molecule has 2 N–H and O–H groups in total. The lowest BCUT2D eigenvalue weighted by Crippen LogP contribution is -2.46. The first-order valence-corrected chi connectivity index (χ1v) is 9.34. The van der Waals surface area contributed by atoms with E-state index in [-0.39, 0.29) is 35.5 Å². The highest BCUT2D eigenvalue weighted by atomic mass is 127. The molecule has 0 atom stereocenters. The summed E-state index contributed by atoms with van der Waals surface area (Å²) in [6.07, 6.45) is 0.943. The summed E-state index contributed by atoms with van der Waals surface area (Å²) >= 11 is 0. The lowest BCUT2D eigenvalue weighted by Gasteiger charge is -2.26. The van der Waals surface area contributed by atoms with Gasteiger partial charge in [-0.15, -0.1) is 24.0 Å². The number of guanidine groups is 1. The number of sulfone groups is 1. The predicted octanol–water partition coefficient (Wildman–Crippen LogP) is -0.0736. The van der Waals surface area contributed by atoms with Crippen molar-refractivity contribution in [2.45, 2.75) is 13.3 Å². The summed E-state index contributed by atoms with van der Waals surface area (Å²) in [5.41, 5.74) is 0. The van der Waals surface area contributed by atoms with Crippen LogP contribution in [0.4, 0.5) is 0 Å². The van der Waals surface area contributed by atoms with E-state index in [1.165, 1.54) is 0 Å². The monoisotopic (exact) mass is 448 g/mol. The SMILES string of the molecule is CCOCCCNC(=NC)NCCN1CCS(=O)(=O)CC1.I. The van der Waals surface area contributed by atoms with Crippen molar-refractivity contribution in [3.63, 3.8) is 0 Å². The van der Waals surface area contributed by atoms with Gasteiger partial charge in [0.15, 0.2) is 15.8 Å². The smallest absolute Gasteiger partial charge is 0.191 e. The van der Waals surface area contributed by atoms with Crippen LogP contribution in [-0.2, 0) is 14.6 Å². The number of hydrogen-bond acceptors (Lipinski definition) is 5. The summed E-state index contributed by atoms with van der Waals surface area (Å²) in [6.45, 7) is 7.15. The fourth-order valence-corrected chi connectivity index (χ4v) is 3.33. The molecule has 1 rings (SSSR count). The van der Waals surface area contributed by atoms with Crippen LogP contribution in [0.3, 0.4) is 0 Å². The Kier molecular flexibility index (Phi) is 12.2. The van der Waals surface area contributed by atoms with Gasteiger partial charge >= 0.3 is 0 Å². The van der Waals surface area contributed by atoms with Crippen LogP contribution in [0.2, 0.25) is 0 Å². The van der Waals surface area contributed by atoms with Crippen molar-refractivity contribution in [3.8, 4) is 0 Å². The predicted molar refractivity (Wildman–Crippen MR) is 101 cm³/mol. The van der Waals surface area contributed by atoms with Gasteiger partial charge in [-0.25, -0.2) is 8.42 Å². The normalized spacial score (nSPS) is 18.5. The van der Waals surface area contributed by atoms with Crippen LogP contribution in [0.25, 0.3) is 0 Å². The van der Waals surface area contributed by atoms with E-state index in [4.69, 9.17) is 4.74 Å². The Hall–Kier alpha value is -0.130. The minimum Gasteiger partial charge on any atom is -0.382 e. The number of hydrogen-bond donors (Lipinski definition) is 2. The Bertz CT molecular complexity index is 404. The average molecular weight is 448 g/mol. The fourth-order valence-electron chi connectivity index (χ4n) is 2.05. The number of halogens is 1. The molecule has 0 aliphatic carbocycles. The van der Waals surface area contributed by atoms with Gasteiger partial charge in [-0.1, -0.05) is 0 Å². The number of ether oxygens (including phenoxy) is 1. The minimum absolute atomic E-state index is 0. The molecule has 1 heterocycles. The summed E-state index contributed by atoms with van der Waals surface area (Å²) in [5, 5.41) is 6.46. The first-order valence-electron chi connectivity index (χ1n) is 7.52. The molecule has 0 saturated carbocycles. The zero-order valence-electron chi connectivity index (χ0n) is 13.5. The van der Waals surface area contributed by atoms with Crippen molar-refractivity contribution in [1.29, 1.82) is 0 Å². The summed E-state index contributed by atoms with van der Waals surface area (Å²) < 4.78 is 27.9. The van der Waals surface area contributed by atoms with Crippen molar-refractivity contribution in [3.05, 3.63) is 0 Å². The third kappa shape index (κ3) is 9.80. The van der Waals surface area contributed by atoms with Gasteiger partial charge in [-0.05, 0) is 13.3 Å². The van der Waals surface area contributed by atoms with Crippen LogP contribution in [0, 0.1) is 0 Å². The number of nitrogens with one attached hydrogen (secondary N) is 2. The Morgan fingerprint density at radius 3 is 2.45 bits per heavy atom. The van der Waals surface area contributed by atoms with Crippen molar-refractivity contribution in [2.24, 2.45) is 4.99 Å². The van der Waals surface area contributed by atoms with Gasteiger partial charge in [-0.3, -0.25) is 9.89 Å². The molecular weight excluding hydrogens is 419 g/mol. The maximum absolute atomic E-state index is 11.3. The van der Waals surface area contributed by atoms with E-state index in [1.54, 1.807) is 7.05 Å². The first kappa shape index (κ1) is 21.9. The molecule has 132 valence electrons. The standard InChI is InChI=1S/C13H28N4O3S.HI/c1-3-20-10-4-5-15-13(14-2)16-6-7-17-8-11-21(18,19)12-9-17;/h3-12H2,1-2H3,(H2,14,15,16);1H. The van der Waals surface area contributed by atoms with E-state index in [2.05, 4.69) is 20.5 Å². The first-order chi connectivity index (χ1) is 10.1. The van der Waals surface area contributed by atoms with Gasteiger partial charge < -0.3 is 15.4 Å². The second-order valence-corrected chi connectivity index (χ2v) is 7.27. The third-order valence-corrected chi connectivity index (χ3v) is 4.95. The lowest BCUT2D eigenvalue weighted by molar-refractivity contribution is 0.145. The van der Waals surface area contributed by atoms with Crippen molar-refractivity contribution < 1.29 is 13.2 Å². The molecule has 0 radical (unpaired) electrons. The Morgan fingerprint density at radius 2 is 1.86 bits per heavy atom. The van der Waals surface area contributed by atoms with E-state index in [1.807, 2.05) is 6.92 Å². The van der Waals surface area contributed by atoms with E-state index in [0.717, 1.165) is 45.2 Å². The highest BCUT2D eigenvalue weighted by molar-refractivity contribution is 14.0. The van der Waals surface area contributed by atoms with Crippen LogP contribution in [0.5, 0.6) is 0 Å². The topological polar surface area (TPSA) is 83.0 Å². The Morgan fingerprint density at radius 1 is 1.23 bits per heavy atom. The zero-order chi connectivity index (χ0) is 15.6. The van der Waals surface area contributed by atoms with E-state index >= 15 is 0 Å². The van der Waals surface area contributed by atoms with Crippen molar-refractivity contribution >= 4 is 39.8 Å². The average Bonchev–Trinajstić information content (AvgIpc) is 2.47. The van der Waals surface area contributed by atoms with Gasteiger partial charge in [0.05, 0.1) is 11.5 Å². The molecule has 0 bridgehead atoms. The van der Waals surface area contributed by atoms with Crippen LogP contribution in [0.15, 0.2) is 4.99 Å². The van der Waals surface area contributed by atoms with Crippen molar-refractivity contribution in [2.75, 3.05) is 64.5 Å². The van der Waals surface area contributed by atoms with Crippen LogP contribution in [-0.4, -0.2) is 83.8 Å². The van der Waals surface area contributed by atoms with Crippen LogP contribution >= 0.6 is 24.0 Å². The molecule has 1 fully saturated rings. The summed E-state index contributed by atoms with van der Waals surface area (Å²) in [7, 11) is -1.05. The molecule has 9 heteroatoms. The molecule has 1 aliphatic rings. The van der Waals surface area contributed by atoms with E-state index in [9.17, 15) is 8.42 Å². The van der Waals surface area contributed by atoms with Crippen LogP contribution < -0.4 is 10.6 Å². The molecule has 0 aromatic heterocycles. The molecule has 1 aliphatic heterocycles. The molecule has 0 unspecified atom stereocenters. The minimum atomic E-state index is -2.79. The van der Waals surface area contributed by atoms with E-state index in [0.29, 0.717) is 13.1 Å². The quantitative estimate of drug-likeness (QED) is 0.234. The van der Waals surface area contributed by atoms with Gasteiger partial charge in [0, 0.05) is 53.0 Å². The van der Waals surface area contributed by atoms with Gasteiger partial charge in [0.1, 0.15) is 0 Å². The maximum atomic E-state index is 11.3. The molecule has 0 aromatic rings. The summed E-state index contributed by atoms with van der Waals surface area (Å²) in [5.74, 6) is 1.32. The number of rotatable bonds is 8. The maximum Gasteiger partial charge on any atom is 0.191 e. The Labute approximate surface area is 151 Å². The lowest BCUT2D eigenvalue weighted by atomic mass is 10.4.